The number of amides is 1. The first-order chi connectivity index (χ1) is 10.1. The van der Waals surface area contributed by atoms with Crippen molar-refractivity contribution in [1.29, 1.82) is 0 Å². The van der Waals surface area contributed by atoms with E-state index in [1.54, 1.807) is 10.9 Å². The van der Waals surface area contributed by atoms with E-state index in [2.05, 4.69) is 24.3 Å². The third kappa shape index (κ3) is 2.83. The van der Waals surface area contributed by atoms with E-state index in [1.165, 1.54) is 0 Å². The molecule has 3 rings (SSSR count). The van der Waals surface area contributed by atoms with Crippen LogP contribution in [0.3, 0.4) is 0 Å². The lowest BCUT2D eigenvalue weighted by atomic mass is 10.1. The van der Waals surface area contributed by atoms with E-state index in [4.69, 9.17) is 0 Å². The molecule has 1 aliphatic rings. The third-order valence-electron chi connectivity index (χ3n) is 3.73. The van der Waals surface area contributed by atoms with E-state index in [0.717, 1.165) is 18.8 Å². The Kier molecular flexibility index (Phi) is 3.75. The number of hydrogen-bond acceptors (Lipinski definition) is 3. The molecule has 1 aromatic heterocycles. The number of para-hydroxylation sites is 1. The summed E-state index contributed by atoms with van der Waals surface area (Å²) in [5.74, 6) is 0.0706. The molecule has 1 aliphatic heterocycles. The maximum absolute atomic E-state index is 12.9. The highest BCUT2D eigenvalue weighted by molar-refractivity contribution is 5.97. The summed E-state index contributed by atoms with van der Waals surface area (Å²) in [6.45, 7) is 5.68. The molecule has 0 aliphatic carbocycles. The van der Waals surface area contributed by atoms with Crippen LogP contribution in [0, 0.1) is 0 Å². The van der Waals surface area contributed by atoms with Crippen LogP contribution in [0.25, 0.3) is 5.69 Å². The predicted molar refractivity (Wildman–Crippen MR) is 81.5 cm³/mol. The summed E-state index contributed by atoms with van der Waals surface area (Å²) >= 11 is 0. The summed E-state index contributed by atoms with van der Waals surface area (Å²) in [7, 11) is 0. The molecule has 0 bridgehead atoms. The van der Waals surface area contributed by atoms with Crippen LogP contribution in [0.15, 0.2) is 42.7 Å². The van der Waals surface area contributed by atoms with Gasteiger partial charge in [-0.05, 0) is 32.0 Å². The zero-order valence-corrected chi connectivity index (χ0v) is 12.4. The predicted octanol–water partition coefficient (Wildman–Crippen LogP) is 1.69. The second kappa shape index (κ2) is 5.69. The first kappa shape index (κ1) is 13.8. The molecule has 5 heteroatoms. The van der Waals surface area contributed by atoms with Crippen LogP contribution < -0.4 is 5.32 Å². The van der Waals surface area contributed by atoms with Crippen LogP contribution in [0.2, 0.25) is 0 Å². The molecule has 1 fully saturated rings. The van der Waals surface area contributed by atoms with Gasteiger partial charge < -0.3 is 10.2 Å². The van der Waals surface area contributed by atoms with Gasteiger partial charge in [0, 0.05) is 37.6 Å². The fourth-order valence-corrected chi connectivity index (χ4v) is 2.93. The van der Waals surface area contributed by atoms with Gasteiger partial charge in [-0.3, -0.25) is 4.79 Å². The van der Waals surface area contributed by atoms with Gasteiger partial charge in [0.1, 0.15) is 0 Å². The molecule has 1 N–H and O–H groups in total. The Morgan fingerprint density at radius 2 is 1.90 bits per heavy atom. The number of benzene rings is 1. The van der Waals surface area contributed by atoms with Crippen LogP contribution in [0.5, 0.6) is 0 Å². The van der Waals surface area contributed by atoms with Crippen molar-refractivity contribution < 1.29 is 4.79 Å². The van der Waals surface area contributed by atoms with Gasteiger partial charge in [-0.1, -0.05) is 12.1 Å². The van der Waals surface area contributed by atoms with Gasteiger partial charge in [-0.2, -0.15) is 5.10 Å². The molecular weight excluding hydrogens is 264 g/mol. The largest absolute Gasteiger partial charge is 0.335 e. The van der Waals surface area contributed by atoms with Gasteiger partial charge in [0.05, 0.1) is 11.3 Å². The smallest absolute Gasteiger partial charge is 0.256 e. The number of rotatable bonds is 2. The van der Waals surface area contributed by atoms with Gasteiger partial charge >= 0.3 is 0 Å². The number of hydrogen-bond donors (Lipinski definition) is 1. The van der Waals surface area contributed by atoms with Crippen molar-refractivity contribution in [1.82, 2.24) is 20.0 Å². The molecule has 21 heavy (non-hydrogen) atoms. The molecule has 2 aromatic rings. The van der Waals surface area contributed by atoms with Crippen molar-refractivity contribution >= 4 is 5.91 Å². The Hall–Kier alpha value is -2.14. The highest BCUT2D eigenvalue weighted by atomic mass is 16.2. The number of carbonyl (C=O) groups excluding carboxylic acids is 1. The molecule has 0 saturated carbocycles. The van der Waals surface area contributed by atoms with Crippen LogP contribution >= 0.6 is 0 Å². The van der Waals surface area contributed by atoms with Crippen LogP contribution in [-0.2, 0) is 0 Å². The Morgan fingerprint density at radius 3 is 2.57 bits per heavy atom. The van der Waals surface area contributed by atoms with Crippen molar-refractivity contribution in [2.45, 2.75) is 25.9 Å². The SMILES string of the molecule is C[C@@H]1CN(C(=O)c2ccccc2-n2cccn2)C[C@H](C)N1. The van der Waals surface area contributed by atoms with Gasteiger partial charge in [0.2, 0.25) is 0 Å². The zero-order valence-electron chi connectivity index (χ0n) is 12.4. The highest BCUT2D eigenvalue weighted by Crippen LogP contribution is 2.17. The van der Waals surface area contributed by atoms with Crippen LogP contribution in [0.1, 0.15) is 24.2 Å². The lowest BCUT2D eigenvalue weighted by Crippen LogP contribution is -2.55. The van der Waals surface area contributed by atoms with Gasteiger partial charge in [0.15, 0.2) is 0 Å². The minimum absolute atomic E-state index is 0.0706. The fourth-order valence-electron chi connectivity index (χ4n) is 2.93. The lowest BCUT2D eigenvalue weighted by Gasteiger charge is -2.36. The maximum atomic E-state index is 12.9. The van der Waals surface area contributed by atoms with E-state index in [0.29, 0.717) is 17.6 Å². The van der Waals surface area contributed by atoms with Crippen LogP contribution in [0.4, 0.5) is 0 Å². The molecule has 1 saturated heterocycles. The van der Waals surface area contributed by atoms with Crippen molar-refractivity contribution in [2.24, 2.45) is 0 Å². The Morgan fingerprint density at radius 1 is 1.19 bits per heavy atom. The standard InChI is InChI=1S/C16H20N4O/c1-12-10-19(11-13(2)18-12)16(21)14-6-3-4-7-15(14)20-9-5-8-17-20/h3-9,12-13,18H,10-11H2,1-2H3/t12-,13+. The van der Waals surface area contributed by atoms with E-state index in [1.807, 2.05) is 41.4 Å². The third-order valence-corrected chi connectivity index (χ3v) is 3.73. The summed E-state index contributed by atoms with van der Waals surface area (Å²) in [5, 5.41) is 7.68. The molecule has 5 nitrogen and oxygen atoms in total. The summed E-state index contributed by atoms with van der Waals surface area (Å²) in [5.41, 5.74) is 1.52. The first-order valence-electron chi connectivity index (χ1n) is 7.29. The summed E-state index contributed by atoms with van der Waals surface area (Å²) < 4.78 is 1.74. The number of nitrogens with zero attached hydrogens (tertiary/aromatic N) is 3. The molecule has 0 unspecified atom stereocenters. The fraction of sp³-hybridized carbons (Fsp3) is 0.375. The molecule has 110 valence electrons. The van der Waals surface area contributed by atoms with Crippen molar-refractivity contribution in [3.05, 3.63) is 48.3 Å². The minimum atomic E-state index is 0.0706. The molecule has 1 aromatic carbocycles. The maximum Gasteiger partial charge on any atom is 0.256 e. The number of aromatic nitrogens is 2. The highest BCUT2D eigenvalue weighted by Gasteiger charge is 2.27. The summed E-state index contributed by atoms with van der Waals surface area (Å²) in [6.07, 6.45) is 3.57. The van der Waals surface area contributed by atoms with Crippen molar-refractivity contribution in [3.63, 3.8) is 0 Å². The normalized spacial score (nSPS) is 22.3. The second-order valence-corrected chi connectivity index (χ2v) is 5.65. The molecule has 1 amide bonds. The monoisotopic (exact) mass is 284 g/mol. The molecular formula is C16H20N4O. The summed E-state index contributed by atoms with van der Waals surface area (Å²) in [6, 6.07) is 10.1. The topological polar surface area (TPSA) is 50.2 Å². The average Bonchev–Trinajstić information content (AvgIpc) is 2.99. The Bertz CT molecular complexity index is 613. The van der Waals surface area contributed by atoms with Crippen molar-refractivity contribution in [3.8, 4) is 5.69 Å². The van der Waals surface area contributed by atoms with Gasteiger partial charge in [-0.25, -0.2) is 4.68 Å². The van der Waals surface area contributed by atoms with Crippen molar-refractivity contribution in [2.75, 3.05) is 13.1 Å². The Labute approximate surface area is 124 Å². The van der Waals surface area contributed by atoms with E-state index < -0.39 is 0 Å². The number of nitrogens with one attached hydrogen (secondary N) is 1. The Balaban J connectivity index is 1.92. The van der Waals surface area contributed by atoms with E-state index >= 15 is 0 Å². The number of carbonyl (C=O) groups is 1. The zero-order chi connectivity index (χ0) is 14.8. The molecule has 0 radical (unpaired) electrons. The van der Waals surface area contributed by atoms with E-state index in [9.17, 15) is 4.79 Å². The molecule has 2 heterocycles. The first-order valence-corrected chi connectivity index (χ1v) is 7.29. The van der Waals surface area contributed by atoms with E-state index in [-0.39, 0.29) is 5.91 Å². The number of piperazine rings is 1. The lowest BCUT2D eigenvalue weighted by molar-refractivity contribution is 0.0673. The quantitative estimate of drug-likeness (QED) is 0.913. The average molecular weight is 284 g/mol. The molecule has 2 atom stereocenters. The van der Waals surface area contributed by atoms with Crippen LogP contribution in [-0.4, -0.2) is 45.8 Å². The van der Waals surface area contributed by atoms with Gasteiger partial charge in [0.25, 0.3) is 5.91 Å². The summed E-state index contributed by atoms with van der Waals surface area (Å²) in [4.78, 5) is 14.8. The van der Waals surface area contributed by atoms with Gasteiger partial charge in [-0.15, -0.1) is 0 Å². The minimum Gasteiger partial charge on any atom is -0.335 e. The molecule has 0 spiro atoms. The second-order valence-electron chi connectivity index (χ2n) is 5.65.